The van der Waals surface area contributed by atoms with E-state index in [9.17, 15) is 9.18 Å². The van der Waals surface area contributed by atoms with Crippen molar-refractivity contribution in [3.8, 4) is 11.5 Å². The molecule has 4 nitrogen and oxygen atoms in total. The molecule has 0 bridgehead atoms. The molecule has 0 heterocycles. The van der Waals surface area contributed by atoms with E-state index in [1.807, 2.05) is 0 Å². The minimum atomic E-state index is -0.730. The van der Waals surface area contributed by atoms with Gasteiger partial charge in [0.2, 0.25) is 0 Å². The Balaban J connectivity index is 2.05. The van der Waals surface area contributed by atoms with Gasteiger partial charge in [0.05, 0.1) is 24.3 Å². The molecular formula is C16H14BrFO4. The van der Waals surface area contributed by atoms with E-state index in [0.29, 0.717) is 11.5 Å². The van der Waals surface area contributed by atoms with Crippen LogP contribution in [0.4, 0.5) is 4.39 Å². The number of benzene rings is 2. The fourth-order valence-electron chi connectivity index (χ4n) is 1.81. The third-order valence-electron chi connectivity index (χ3n) is 2.98. The normalized spacial score (nSPS) is 10.2. The summed E-state index contributed by atoms with van der Waals surface area (Å²) in [4.78, 5) is 11.9. The molecule has 0 amide bonds. The van der Waals surface area contributed by atoms with Gasteiger partial charge in [0.1, 0.15) is 23.9 Å². The molecule has 0 spiro atoms. The van der Waals surface area contributed by atoms with E-state index in [4.69, 9.17) is 14.2 Å². The van der Waals surface area contributed by atoms with Crippen LogP contribution in [0.2, 0.25) is 0 Å². The molecule has 0 radical (unpaired) electrons. The molecule has 6 heteroatoms. The highest BCUT2D eigenvalue weighted by molar-refractivity contribution is 9.10. The zero-order valence-electron chi connectivity index (χ0n) is 12.1. The van der Waals surface area contributed by atoms with Gasteiger partial charge in [-0.25, -0.2) is 9.18 Å². The number of methoxy groups -OCH3 is 2. The summed E-state index contributed by atoms with van der Waals surface area (Å²) in [6, 6.07) is 9.27. The Hall–Kier alpha value is -2.08. The predicted octanol–water partition coefficient (Wildman–Crippen LogP) is 3.96. The summed E-state index contributed by atoms with van der Waals surface area (Å²) in [7, 11) is 2.99. The predicted molar refractivity (Wildman–Crippen MR) is 82.8 cm³/mol. The van der Waals surface area contributed by atoms with Crippen LogP contribution in [0.3, 0.4) is 0 Å². The van der Waals surface area contributed by atoms with E-state index in [0.717, 1.165) is 16.1 Å². The third-order valence-corrected chi connectivity index (χ3v) is 3.60. The molecule has 0 aliphatic heterocycles. The standard InChI is InChI=1S/C16H14BrFO4/c1-20-11-4-5-12(14(18)8-11)16(19)22-9-10-3-6-15(21-2)13(17)7-10/h3-8H,9H2,1-2H3. The molecule has 116 valence electrons. The van der Waals surface area contributed by atoms with Crippen molar-refractivity contribution in [2.75, 3.05) is 14.2 Å². The molecule has 2 aromatic rings. The summed E-state index contributed by atoms with van der Waals surface area (Å²) in [6.07, 6.45) is 0. The van der Waals surface area contributed by atoms with Crippen LogP contribution >= 0.6 is 15.9 Å². The van der Waals surface area contributed by atoms with E-state index in [1.165, 1.54) is 19.2 Å². The summed E-state index contributed by atoms with van der Waals surface area (Å²) in [5.74, 6) is -0.392. The van der Waals surface area contributed by atoms with Crippen molar-refractivity contribution in [3.05, 3.63) is 57.8 Å². The second-order valence-corrected chi connectivity index (χ2v) is 5.25. The largest absolute Gasteiger partial charge is 0.497 e. The number of rotatable bonds is 5. The van der Waals surface area contributed by atoms with Gasteiger partial charge in [-0.2, -0.15) is 0 Å². The Morgan fingerprint density at radius 1 is 1.14 bits per heavy atom. The van der Waals surface area contributed by atoms with Crippen molar-refractivity contribution in [3.63, 3.8) is 0 Å². The molecule has 0 unspecified atom stereocenters. The smallest absolute Gasteiger partial charge is 0.341 e. The SMILES string of the molecule is COc1ccc(C(=O)OCc2ccc(OC)c(Br)c2)c(F)c1. The lowest BCUT2D eigenvalue weighted by molar-refractivity contribution is 0.0467. The van der Waals surface area contributed by atoms with Crippen LogP contribution in [-0.2, 0) is 11.3 Å². The molecule has 2 aromatic carbocycles. The van der Waals surface area contributed by atoms with Crippen LogP contribution in [-0.4, -0.2) is 20.2 Å². The van der Waals surface area contributed by atoms with Gasteiger partial charge in [-0.3, -0.25) is 0 Å². The lowest BCUT2D eigenvalue weighted by atomic mass is 10.2. The van der Waals surface area contributed by atoms with Gasteiger partial charge >= 0.3 is 5.97 Å². The maximum absolute atomic E-state index is 13.8. The van der Waals surface area contributed by atoms with Gasteiger partial charge in [0.15, 0.2) is 0 Å². The minimum absolute atomic E-state index is 0.0346. The van der Waals surface area contributed by atoms with E-state index >= 15 is 0 Å². The first kappa shape index (κ1) is 16.3. The van der Waals surface area contributed by atoms with E-state index in [2.05, 4.69) is 15.9 Å². The van der Waals surface area contributed by atoms with Crippen molar-refractivity contribution in [1.82, 2.24) is 0 Å². The van der Waals surface area contributed by atoms with Crippen molar-refractivity contribution in [2.45, 2.75) is 6.61 Å². The third kappa shape index (κ3) is 3.76. The summed E-state index contributed by atoms with van der Waals surface area (Å²) in [5, 5.41) is 0. The maximum atomic E-state index is 13.8. The highest BCUT2D eigenvalue weighted by Crippen LogP contribution is 2.26. The fraction of sp³-hybridized carbons (Fsp3) is 0.188. The van der Waals surface area contributed by atoms with Crippen LogP contribution < -0.4 is 9.47 Å². The molecule has 0 N–H and O–H groups in total. The maximum Gasteiger partial charge on any atom is 0.341 e. The summed E-state index contributed by atoms with van der Waals surface area (Å²) in [5.41, 5.74) is 0.628. The van der Waals surface area contributed by atoms with E-state index < -0.39 is 11.8 Å². The first-order valence-corrected chi connectivity index (χ1v) is 7.17. The van der Waals surface area contributed by atoms with Crippen LogP contribution in [0.25, 0.3) is 0 Å². The molecule has 22 heavy (non-hydrogen) atoms. The molecular weight excluding hydrogens is 355 g/mol. The number of carbonyl (C=O) groups excluding carboxylic acids is 1. The summed E-state index contributed by atoms with van der Waals surface area (Å²) in [6.45, 7) is 0.0346. The number of ether oxygens (including phenoxy) is 3. The topological polar surface area (TPSA) is 44.8 Å². The van der Waals surface area contributed by atoms with Gasteiger partial charge in [0.25, 0.3) is 0 Å². The fourth-order valence-corrected chi connectivity index (χ4v) is 2.40. The highest BCUT2D eigenvalue weighted by atomic mass is 79.9. The minimum Gasteiger partial charge on any atom is -0.497 e. The lowest BCUT2D eigenvalue weighted by Crippen LogP contribution is -2.07. The second-order valence-electron chi connectivity index (χ2n) is 4.39. The zero-order chi connectivity index (χ0) is 16.1. The van der Waals surface area contributed by atoms with Gasteiger partial charge in [0, 0.05) is 6.07 Å². The van der Waals surface area contributed by atoms with Gasteiger partial charge in [-0.1, -0.05) is 6.07 Å². The average molecular weight is 369 g/mol. The van der Waals surface area contributed by atoms with Crippen molar-refractivity contribution >= 4 is 21.9 Å². The second kappa shape index (κ2) is 7.26. The van der Waals surface area contributed by atoms with Gasteiger partial charge in [-0.15, -0.1) is 0 Å². The number of carbonyl (C=O) groups is 1. The van der Waals surface area contributed by atoms with Crippen molar-refractivity contribution in [1.29, 1.82) is 0 Å². The van der Waals surface area contributed by atoms with Crippen molar-refractivity contribution < 1.29 is 23.4 Å². The molecule has 0 saturated carbocycles. The molecule has 0 aromatic heterocycles. The Kier molecular flexibility index (Phi) is 5.38. The van der Waals surface area contributed by atoms with Crippen LogP contribution in [0.5, 0.6) is 11.5 Å². The lowest BCUT2D eigenvalue weighted by Gasteiger charge is -2.09. The number of hydrogen-bond acceptors (Lipinski definition) is 4. The van der Waals surface area contributed by atoms with Crippen LogP contribution in [0, 0.1) is 5.82 Å². The Morgan fingerprint density at radius 3 is 2.50 bits per heavy atom. The molecule has 0 aliphatic carbocycles. The quantitative estimate of drug-likeness (QED) is 0.749. The number of halogens is 2. The summed E-state index contributed by atoms with van der Waals surface area (Å²) >= 11 is 3.35. The Labute approximate surface area is 135 Å². The van der Waals surface area contributed by atoms with Crippen molar-refractivity contribution in [2.24, 2.45) is 0 Å². The van der Waals surface area contributed by atoms with Gasteiger partial charge < -0.3 is 14.2 Å². The first-order valence-electron chi connectivity index (χ1n) is 6.38. The van der Waals surface area contributed by atoms with E-state index in [-0.39, 0.29) is 12.2 Å². The number of esters is 1. The highest BCUT2D eigenvalue weighted by Gasteiger charge is 2.14. The molecule has 2 rings (SSSR count). The Bertz CT molecular complexity index is 688. The van der Waals surface area contributed by atoms with E-state index in [1.54, 1.807) is 25.3 Å². The van der Waals surface area contributed by atoms with Gasteiger partial charge in [-0.05, 0) is 45.8 Å². The number of hydrogen-bond donors (Lipinski definition) is 0. The monoisotopic (exact) mass is 368 g/mol. The molecule has 0 fully saturated rings. The van der Waals surface area contributed by atoms with Crippen LogP contribution in [0.1, 0.15) is 15.9 Å². The zero-order valence-corrected chi connectivity index (χ0v) is 13.6. The molecule has 0 atom stereocenters. The first-order chi connectivity index (χ1) is 10.5. The molecule has 0 aliphatic rings. The average Bonchev–Trinajstić information content (AvgIpc) is 2.52. The Morgan fingerprint density at radius 2 is 1.91 bits per heavy atom. The summed E-state index contributed by atoms with van der Waals surface area (Å²) < 4.78 is 29.6. The molecule has 0 saturated heterocycles. The van der Waals surface area contributed by atoms with Crippen LogP contribution in [0.15, 0.2) is 40.9 Å².